The third-order valence-electron chi connectivity index (χ3n) is 6.43. The van der Waals surface area contributed by atoms with E-state index in [0.717, 1.165) is 11.3 Å². The largest absolute Gasteiger partial charge is 0.396 e. The number of hydrogen-bond acceptors (Lipinski definition) is 6. The van der Waals surface area contributed by atoms with Crippen molar-refractivity contribution in [1.82, 2.24) is 14.9 Å². The van der Waals surface area contributed by atoms with Gasteiger partial charge in [-0.3, -0.25) is 19.6 Å². The standard InChI is InChI=1S/C23H24N4O4/c1-26(13-16-12-24-9-10-25-16)21(29)19-18-6-8-23(31-18)14-27(22(30)20(19)23)17-4-2-15(3-5-17)7-11-28/h2-6,8-10,12,18-20,28H,7,11,13-14H2,1H3/t18-,19?,20?,23-/m0/s1. The molecule has 5 rings (SSSR count). The van der Waals surface area contributed by atoms with Crippen LogP contribution in [0, 0.1) is 11.8 Å². The first kappa shape index (κ1) is 19.8. The molecule has 1 N–H and O–H groups in total. The minimum Gasteiger partial charge on any atom is -0.396 e. The van der Waals surface area contributed by atoms with Gasteiger partial charge in [-0.2, -0.15) is 0 Å². The second-order valence-corrected chi connectivity index (χ2v) is 8.36. The van der Waals surface area contributed by atoms with Crippen LogP contribution in [0.5, 0.6) is 0 Å². The lowest BCUT2D eigenvalue weighted by Gasteiger charge is -2.27. The predicted molar refractivity (Wildman–Crippen MR) is 112 cm³/mol. The van der Waals surface area contributed by atoms with Gasteiger partial charge in [0.05, 0.1) is 42.9 Å². The van der Waals surface area contributed by atoms with Crippen molar-refractivity contribution in [3.05, 3.63) is 66.3 Å². The van der Waals surface area contributed by atoms with Crippen molar-refractivity contribution in [1.29, 1.82) is 0 Å². The number of carbonyl (C=O) groups is 2. The van der Waals surface area contributed by atoms with Gasteiger partial charge in [0.2, 0.25) is 11.8 Å². The number of anilines is 1. The van der Waals surface area contributed by atoms with Crippen LogP contribution in [-0.4, -0.2) is 63.7 Å². The second kappa shape index (κ2) is 7.55. The van der Waals surface area contributed by atoms with Gasteiger partial charge in [-0.25, -0.2) is 0 Å². The molecule has 0 aliphatic carbocycles. The summed E-state index contributed by atoms with van der Waals surface area (Å²) in [6.07, 6.45) is 8.86. The number of carbonyl (C=O) groups excluding carboxylic acids is 2. The number of fused-ring (bicyclic) bond motifs is 1. The molecule has 31 heavy (non-hydrogen) atoms. The van der Waals surface area contributed by atoms with Crippen molar-refractivity contribution < 1.29 is 19.4 Å². The van der Waals surface area contributed by atoms with Crippen LogP contribution in [0.4, 0.5) is 5.69 Å². The molecule has 8 heteroatoms. The third-order valence-corrected chi connectivity index (χ3v) is 6.43. The zero-order valence-electron chi connectivity index (χ0n) is 17.2. The van der Waals surface area contributed by atoms with Gasteiger partial charge in [0.15, 0.2) is 0 Å². The molecule has 4 atom stereocenters. The van der Waals surface area contributed by atoms with Crippen LogP contribution < -0.4 is 4.90 Å². The summed E-state index contributed by atoms with van der Waals surface area (Å²) in [5.74, 6) is -1.32. The highest BCUT2D eigenvalue weighted by Gasteiger charge is 2.67. The zero-order chi connectivity index (χ0) is 21.6. The smallest absolute Gasteiger partial charge is 0.234 e. The first-order valence-corrected chi connectivity index (χ1v) is 10.4. The van der Waals surface area contributed by atoms with E-state index in [1.54, 1.807) is 35.4 Å². The molecule has 1 spiro atoms. The van der Waals surface area contributed by atoms with Crippen molar-refractivity contribution in [2.45, 2.75) is 24.7 Å². The average molecular weight is 420 g/mol. The van der Waals surface area contributed by atoms with Crippen LogP contribution in [0.1, 0.15) is 11.3 Å². The minimum absolute atomic E-state index is 0.0824. The van der Waals surface area contributed by atoms with Crippen LogP contribution in [0.15, 0.2) is 55.0 Å². The molecule has 8 nitrogen and oxygen atoms in total. The molecule has 1 aromatic heterocycles. The first-order chi connectivity index (χ1) is 15.0. The fourth-order valence-electron chi connectivity index (χ4n) is 4.96. The molecule has 2 aromatic rings. The molecular weight excluding hydrogens is 396 g/mol. The van der Waals surface area contributed by atoms with Gasteiger partial charge in [-0.05, 0) is 24.1 Å². The zero-order valence-corrected chi connectivity index (χ0v) is 17.2. The maximum absolute atomic E-state index is 13.5. The molecule has 160 valence electrons. The highest BCUT2D eigenvalue weighted by molar-refractivity contribution is 6.03. The molecule has 3 aliphatic heterocycles. The lowest BCUT2D eigenvalue weighted by molar-refractivity contribution is -0.139. The molecule has 2 bridgehead atoms. The molecule has 3 aliphatic rings. The SMILES string of the molecule is CN(Cc1cnccn1)C(=O)C1C2C(=O)N(c3ccc(CCO)cc3)C[C@@]23C=C[C@@H]1O3. The maximum Gasteiger partial charge on any atom is 0.234 e. The van der Waals surface area contributed by atoms with Crippen LogP contribution in [0.2, 0.25) is 0 Å². The van der Waals surface area contributed by atoms with Crippen molar-refractivity contribution in [3.8, 4) is 0 Å². The van der Waals surface area contributed by atoms with E-state index in [1.807, 2.05) is 36.4 Å². The Balaban J connectivity index is 1.38. The van der Waals surface area contributed by atoms with E-state index in [2.05, 4.69) is 9.97 Å². The normalized spacial score (nSPS) is 28.3. The van der Waals surface area contributed by atoms with Crippen LogP contribution in [-0.2, 0) is 27.3 Å². The number of rotatable bonds is 6. The number of aliphatic hydroxyl groups excluding tert-OH is 1. The van der Waals surface area contributed by atoms with E-state index in [-0.39, 0.29) is 24.5 Å². The molecule has 2 fully saturated rings. The fourth-order valence-corrected chi connectivity index (χ4v) is 4.96. The van der Waals surface area contributed by atoms with Crippen molar-refractivity contribution in [3.63, 3.8) is 0 Å². The Morgan fingerprint density at radius 3 is 2.84 bits per heavy atom. The number of benzene rings is 1. The highest BCUT2D eigenvalue weighted by Crippen LogP contribution is 2.53. The van der Waals surface area contributed by atoms with Crippen molar-refractivity contribution in [2.75, 3.05) is 25.1 Å². The average Bonchev–Trinajstić information content (AvgIpc) is 3.43. The summed E-state index contributed by atoms with van der Waals surface area (Å²) < 4.78 is 6.22. The lowest BCUT2D eigenvalue weighted by atomic mass is 9.76. The van der Waals surface area contributed by atoms with Crippen LogP contribution in [0.3, 0.4) is 0 Å². The molecule has 2 saturated heterocycles. The van der Waals surface area contributed by atoms with Crippen LogP contribution >= 0.6 is 0 Å². The highest BCUT2D eigenvalue weighted by atomic mass is 16.5. The van der Waals surface area contributed by atoms with Gasteiger partial charge in [0.25, 0.3) is 0 Å². The Morgan fingerprint density at radius 2 is 2.13 bits per heavy atom. The molecule has 2 amide bonds. The van der Waals surface area contributed by atoms with Gasteiger partial charge in [0, 0.05) is 31.7 Å². The number of aromatic nitrogens is 2. The summed E-state index contributed by atoms with van der Waals surface area (Å²) >= 11 is 0. The van der Waals surface area contributed by atoms with Crippen molar-refractivity contribution in [2.24, 2.45) is 11.8 Å². The van der Waals surface area contributed by atoms with E-state index in [4.69, 9.17) is 9.84 Å². The first-order valence-electron chi connectivity index (χ1n) is 10.4. The van der Waals surface area contributed by atoms with Gasteiger partial charge in [0.1, 0.15) is 5.60 Å². The summed E-state index contributed by atoms with van der Waals surface area (Å²) in [5, 5.41) is 9.11. The topological polar surface area (TPSA) is 95.9 Å². The van der Waals surface area contributed by atoms with Crippen molar-refractivity contribution >= 4 is 17.5 Å². The Kier molecular flexibility index (Phi) is 4.83. The monoisotopic (exact) mass is 420 g/mol. The molecule has 2 unspecified atom stereocenters. The van der Waals surface area contributed by atoms with Crippen LogP contribution in [0.25, 0.3) is 0 Å². The van der Waals surface area contributed by atoms with Gasteiger partial charge in [-0.15, -0.1) is 0 Å². The minimum atomic E-state index is -0.765. The quantitative estimate of drug-likeness (QED) is 0.700. The number of hydrogen-bond donors (Lipinski definition) is 1. The summed E-state index contributed by atoms with van der Waals surface area (Å²) in [7, 11) is 1.72. The predicted octanol–water partition coefficient (Wildman–Crippen LogP) is 0.956. The van der Waals surface area contributed by atoms with Gasteiger partial charge < -0.3 is 19.6 Å². The van der Waals surface area contributed by atoms with E-state index < -0.39 is 17.4 Å². The maximum atomic E-state index is 13.5. The molecular formula is C23H24N4O4. The number of ether oxygens (including phenoxy) is 1. The Hall–Kier alpha value is -3.10. The number of aliphatic hydroxyl groups is 1. The second-order valence-electron chi connectivity index (χ2n) is 8.36. The summed E-state index contributed by atoms with van der Waals surface area (Å²) in [6, 6.07) is 7.59. The Bertz CT molecular complexity index is 1030. The van der Waals surface area contributed by atoms with E-state index in [9.17, 15) is 9.59 Å². The van der Waals surface area contributed by atoms with Gasteiger partial charge >= 0.3 is 0 Å². The Morgan fingerprint density at radius 1 is 1.32 bits per heavy atom. The Labute approximate surface area is 180 Å². The molecule has 0 saturated carbocycles. The summed E-state index contributed by atoms with van der Waals surface area (Å²) in [4.78, 5) is 38.4. The summed E-state index contributed by atoms with van der Waals surface area (Å²) in [6.45, 7) is 0.795. The van der Waals surface area contributed by atoms with E-state index in [1.165, 1.54) is 0 Å². The fraction of sp³-hybridized carbons (Fsp3) is 0.391. The number of nitrogens with zero attached hydrogens (tertiary/aromatic N) is 4. The summed E-state index contributed by atoms with van der Waals surface area (Å²) in [5.41, 5.74) is 1.70. The van der Waals surface area contributed by atoms with E-state index >= 15 is 0 Å². The third kappa shape index (κ3) is 3.23. The van der Waals surface area contributed by atoms with E-state index in [0.29, 0.717) is 25.2 Å². The molecule has 1 aromatic carbocycles. The molecule has 4 heterocycles. The molecule has 0 radical (unpaired) electrons. The lowest BCUT2D eigenvalue weighted by Crippen LogP contribution is -2.44. The number of amides is 2. The van der Waals surface area contributed by atoms with Gasteiger partial charge in [-0.1, -0.05) is 24.3 Å².